The van der Waals surface area contributed by atoms with Crippen LogP contribution in [0, 0.1) is 0 Å². The lowest BCUT2D eigenvalue weighted by Crippen LogP contribution is -2.50. The van der Waals surface area contributed by atoms with Crippen LogP contribution < -0.4 is 10.6 Å². The highest BCUT2D eigenvalue weighted by atomic mass is 32.2. The van der Waals surface area contributed by atoms with Gasteiger partial charge >= 0.3 is 0 Å². The van der Waals surface area contributed by atoms with Gasteiger partial charge in [-0.05, 0) is 6.07 Å². The molecule has 0 bridgehead atoms. The Kier molecular flexibility index (Phi) is 1.75. The fraction of sp³-hybridized carbons (Fsp3) is 0.333. The quantitative estimate of drug-likeness (QED) is 0.641. The summed E-state index contributed by atoms with van der Waals surface area (Å²) in [5.41, 5.74) is 1.15. The number of pyridine rings is 1. The molecule has 2 aliphatic heterocycles. The molecule has 1 aromatic rings. The van der Waals surface area contributed by atoms with Crippen LogP contribution in [-0.4, -0.2) is 22.8 Å². The Balaban J connectivity index is 2.04. The normalized spacial score (nSPS) is 29.3. The number of fused-ring (bicyclic) bond motifs is 3. The van der Waals surface area contributed by atoms with Crippen LogP contribution in [0.25, 0.3) is 0 Å². The second-order valence-electron chi connectivity index (χ2n) is 3.34. The highest BCUT2D eigenvalue weighted by Crippen LogP contribution is 2.43. The van der Waals surface area contributed by atoms with Crippen LogP contribution in [0.2, 0.25) is 0 Å². The van der Waals surface area contributed by atoms with Gasteiger partial charge in [0.1, 0.15) is 10.3 Å². The lowest BCUT2D eigenvalue weighted by atomic mass is 10.0. The third-order valence-corrected chi connectivity index (χ3v) is 3.82. The largest absolute Gasteiger partial charge is 0.342 e. The summed E-state index contributed by atoms with van der Waals surface area (Å²) in [4.78, 5) is 15.8. The summed E-state index contributed by atoms with van der Waals surface area (Å²) >= 11 is 1.54. The molecule has 0 radical (unpaired) electrons. The third kappa shape index (κ3) is 1.06. The van der Waals surface area contributed by atoms with Crippen LogP contribution in [-0.2, 0) is 4.79 Å². The first-order valence-electron chi connectivity index (χ1n) is 4.49. The average Bonchev–Trinajstić information content (AvgIpc) is 2.59. The first kappa shape index (κ1) is 8.26. The summed E-state index contributed by atoms with van der Waals surface area (Å²) in [6.07, 6.45) is 1.76. The molecule has 14 heavy (non-hydrogen) atoms. The van der Waals surface area contributed by atoms with E-state index in [0.717, 1.165) is 10.6 Å². The summed E-state index contributed by atoms with van der Waals surface area (Å²) in [6.45, 7) is 0.550. The van der Waals surface area contributed by atoms with E-state index in [1.54, 1.807) is 18.0 Å². The van der Waals surface area contributed by atoms with Crippen molar-refractivity contribution in [2.75, 3.05) is 6.67 Å². The van der Waals surface area contributed by atoms with Crippen molar-refractivity contribution in [2.45, 2.75) is 16.3 Å². The molecule has 0 spiro atoms. The van der Waals surface area contributed by atoms with Gasteiger partial charge in [0, 0.05) is 11.8 Å². The van der Waals surface area contributed by atoms with Crippen molar-refractivity contribution < 1.29 is 4.79 Å². The van der Waals surface area contributed by atoms with Gasteiger partial charge in [0.15, 0.2) is 0 Å². The summed E-state index contributed by atoms with van der Waals surface area (Å²) < 4.78 is 0. The first-order valence-corrected chi connectivity index (χ1v) is 5.37. The van der Waals surface area contributed by atoms with E-state index in [1.807, 2.05) is 12.1 Å². The fourth-order valence-corrected chi connectivity index (χ4v) is 3.12. The predicted molar refractivity (Wildman–Crippen MR) is 52.8 cm³/mol. The number of nitrogens with one attached hydrogen (secondary N) is 2. The van der Waals surface area contributed by atoms with Gasteiger partial charge in [-0.15, -0.1) is 0 Å². The van der Waals surface area contributed by atoms with Crippen LogP contribution in [0.5, 0.6) is 0 Å². The van der Waals surface area contributed by atoms with Crippen molar-refractivity contribution in [3.05, 3.63) is 23.9 Å². The number of hydrogen-bond acceptors (Lipinski definition) is 4. The molecule has 2 atom stereocenters. The molecule has 2 aliphatic rings. The monoisotopic (exact) mass is 207 g/mol. The van der Waals surface area contributed by atoms with Crippen LogP contribution in [0.1, 0.15) is 11.6 Å². The lowest BCUT2D eigenvalue weighted by molar-refractivity contribution is -0.122. The van der Waals surface area contributed by atoms with E-state index in [1.165, 1.54) is 0 Å². The number of carbonyl (C=O) groups is 1. The van der Waals surface area contributed by atoms with E-state index < -0.39 is 0 Å². The van der Waals surface area contributed by atoms with Crippen molar-refractivity contribution in [2.24, 2.45) is 0 Å². The molecule has 3 heterocycles. The van der Waals surface area contributed by atoms with Gasteiger partial charge in [-0.3, -0.25) is 10.1 Å². The lowest BCUT2D eigenvalue weighted by Gasteiger charge is -2.25. The van der Waals surface area contributed by atoms with Crippen LogP contribution in [0.3, 0.4) is 0 Å². The van der Waals surface area contributed by atoms with Crippen LogP contribution in [0.4, 0.5) is 0 Å². The molecule has 1 aromatic heterocycles. The SMILES string of the molecule is O=C1NCNC2c3cccnc3SC12. The molecule has 72 valence electrons. The van der Waals surface area contributed by atoms with Crippen LogP contribution >= 0.6 is 11.8 Å². The van der Waals surface area contributed by atoms with Crippen molar-refractivity contribution in [1.29, 1.82) is 0 Å². The molecular weight excluding hydrogens is 198 g/mol. The molecule has 5 heteroatoms. The van der Waals surface area contributed by atoms with Crippen molar-refractivity contribution >= 4 is 17.7 Å². The van der Waals surface area contributed by atoms with Crippen molar-refractivity contribution in [3.63, 3.8) is 0 Å². The first-order chi connectivity index (χ1) is 6.86. The third-order valence-electron chi connectivity index (χ3n) is 2.52. The molecular formula is C9H9N3OS. The minimum atomic E-state index is -0.0475. The minimum absolute atomic E-state index is 0.0475. The predicted octanol–water partition coefficient (Wildman–Crippen LogP) is 0.274. The Labute approximate surface area is 85.5 Å². The number of rotatable bonds is 0. The van der Waals surface area contributed by atoms with Gasteiger partial charge in [0.2, 0.25) is 5.91 Å². The zero-order valence-corrected chi connectivity index (χ0v) is 8.17. The maximum absolute atomic E-state index is 11.5. The summed E-state index contributed by atoms with van der Waals surface area (Å²) in [5.74, 6) is 0.108. The number of aromatic nitrogens is 1. The molecule has 4 nitrogen and oxygen atoms in total. The van der Waals surface area contributed by atoms with Crippen LogP contribution in [0.15, 0.2) is 23.4 Å². The van der Waals surface area contributed by atoms with Gasteiger partial charge in [-0.25, -0.2) is 4.98 Å². The Bertz CT molecular complexity index is 395. The Morgan fingerprint density at radius 2 is 2.50 bits per heavy atom. The molecule has 0 aliphatic carbocycles. The Morgan fingerprint density at radius 3 is 3.43 bits per heavy atom. The summed E-state index contributed by atoms with van der Waals surface area (Å²) in [6, 6.07) is 4.08. The zero-order valence-electron chi connectivity index (χ0n) is 7.36. The number of thioether (sulfide) groups is 1. The molecule has 2 N–H and O–H groups in total. The second-order valence-corrected chi connectivity index (χ2v) is 4.47. The van der Waals surface area contributed by atoms with Gasteiger partial charge in [-0.1, -0.05) is 17.8 Å². The molecule has 2 unspecified atom stereocenters. The van der Waals surface area contributed by atoms with Gasteiger partial charge in [0.05, 0.1) is 12.7 Å². The minimum Gasteiger partial charge on any atom is -0.342 e. The fourth-order valence-electron chi connectivity index (χ4n) is 1.86. The highest BCUT2D eigenvalue weighted by molar-refractivity contribution is 8.01. The van der Waals surface area contributed by atoms with Gasteiger partial charge in [0.25, 0.3) is 0 Å². The topological polar surface area (TPSA) is 54.0 Å². The second kappa shape index (κ2) is 2.96. The molecule has 1 saturated heterocycles. The number of amides is 1. The van der Waals surface area contributed by atoms with E-state index in [9.17, 15) is 4.79 Å². The average molecular weight is 207 g/mol. The summed E-state index contributed by atoms with van der Waals surface area (Å²) in [5, 5.41) is 7.00. The zero-order chi connectivity index (χ0) is 9.54. The molecule has 1 fully saturated rings. The molecule has 0 saturated carbocycles. The Hall–Kier alpha value is -1.07. The maximum Gasteiger partial charge on any atom is 0.236 e. The Morgan fingerprint density at radius 1 is 1.57 bits per heavy atom. The van der Waals surface area contributed by atoms with E-state index in [4.69, 9.17) is 0 Å². The molecule has 3 rings (SSSR count). The number of carbonyl (C=O) groups excluding carboxylic acids is 1. The van der Waals surface area contributed by atoms with Crippen molar-refractivity contribution in [1.82, 2.24) is 15.6 Å². The summed E-state index contributed by atoms with van der Waals surface area (Å²) in [7, 11) is 0. The van der Waals surface area contributed by atoms with E-state index >= 15 is 0 Å². The molecule has 1 amide bonds. The van der Waals surface area contributed by atoms with E-state index in [2.05, 4.69) is 15.6 Å². The van der Waals surface area contributed by atoms with E-state index in [-0.39, 0.29) is 17.2 Å². The van der Waals surface area contributed by atoms with E-state index in [0.29, 0.717) is 6.67 Å². The smallest absolute Gasteiger partial charge is 0.236 e. The number of hydrogen-bond donors (Lipinski definition) is 2. The number of nitrogens with zero attached hydrogens (tertiary/aromatic N) is 1. The van der Waals surface area contributed by atoms with Gasteiger partial charge in [-0.2, -0.15) is 0 Å². The standard InChI is InChI=1S/C9H9N3OS/c13-8-7-6(11-4-12-8)5-2-1-3-10-9(5)14-7/h1-3,6-7,11H,4H2,(H,12,13). The maximum atomic E-state index is 11.5. The molecule has 0 aromatic carbocycles. The van der Waals surface area contributed by atoms with Crippen molar-refractivity contribution in [3.8, 4) is 0 Å². The highest BCUT2D eigenvalue weighted by Gasteiger charge is 2.40. The van der Waals surface area contributed by atoms with Gasteiger partial charge < -0.3 is 5.32 Å².